The van der Waals surface area contributed by atoms with Gasteiger partial charge in [-0.25, -0.2) is 8.42 Å². The third-order valence-electron chi connectivity index (χ3n) is 4.37. The van der Waals surface area contributed by atoms with Gasteiger partial charge in [0.05, 0.1) is 4.90 Å². The summed E-state index contributed by atoms with van der Waals surface area (Å²) in [6.07, 6.45) is 2.34. The van der Waals surface area contributed by atoms with Gasteiger partial charge in [-0.3, -0.25) is 9.52 Å². The molecular weight excluding hydrogens is 396 g/mol. The molecule has 1 aliphatic rings. The molecule has 3 rings (SSSR count). The van der Waals surface area contributed by atoms with Crippen LogP contribution in [0.15, 0.2) is 23.1 Å². The predicted molar refractivity (Wildman–Crippen MR) is 101 cm³/mol. The van der Waals surface area contributed by atoms with Crippen molar-refractivity contribution in [3.8, 4) is 0 Å². The van der Waals surface area contributed by atoms with Gasteiger partial charge in [-0.05, 0) is 37.5 Å². The van der Waals surface area contributed by atoms with E-state index in [0.717, 1.165) is 24.2 Å². The molecule has 1 amide bonds. The highest BCUT2D eigenvalue weighted by Gasteiger charge is 2.44. The van der Waals surface area contributed by atoms with Crippen molar-refractivity contribution in [2.24, 2.45) is 5.41 Å². The quantitative estimate of drug-likeness (QED) is 0.725. The Morgan fingerprint density at radius 2 is 2.08 bits per heavy atom. The minimum Gasteiger partial charge on any atom is -0.355 e. The first-order valence-electron chi connectivity index (χ1n) is 8.10. The number of hydrogen-bond donors (Lipinski definition) is 2. The number of carbonyl (C=O) groups excluding carboxylic acids is 1. The first-order valence-corrected chi connectivity index (χ1v) is 10.8. The highest BCUT2D eigenvalue weighted by atomic mass is 35.5. The molecule has 0 atom stereocenters. The topological polar surface area (TPSA) is 101 Å². The summed E-state index contributed by atoms with van der Waals surface area (Å²) in [7, 11) is -3.79. The molecule has 2 N–H and O–H groups in total. The molecule has 26 heavy (non-hydrogen) atoms. The van der Waals surface area contributed by atoms with Gasteiger partial charge in [-0.1, -0.05) is 35.9 Å². The lowest BCUT2D eigenvalue weighted by Crippen LogP contribution is -2.31. The van der Waals surface area contributed by atoms with E-state index < -0.39 is 10.0 Å². The minimum atomic E-state index is -3.79. The highest BCUT2D eigenvalue weighted by Crippen LogP contribution is 2.44. The number of nitrogens with one attached hydrogen (secondary N) is 2. The Balaban J connectivity index is 1.61. The van der Waals surface area contributed by atoms with E-state index in [1.807, 2.05) is 6.92 Å². The molecule has 0 spiro atoms. The van der Waals surface area contributed by atoms with E-state index in [1.165, 1.54) is 6.07 Å². The SMILES string of the molecule is Cc1c(Cl)cccc1S(=O)(=O)Nc1nnc(CCNC(=O)C2(C)CC2)s1. The maximum absolute atomic E-state index is 12.5. The van der Waals surface area contributed by atoms with Gasteiger partial charge in [-0.2, -0.15) is 0 Å². The maximum Gasteiger partial charge on any atom is 0.264 e. The third-order valence-corrected chi connectivity index (χ3v) is 7.29. The second-order valence-corrected chi connectivity index (χ2v) is 9.66. The normalized spacial score (nSPS) is 15.5. The largest absolute Gasteiger partial charge is 0.355 e. The number of aromatic nitrogens is 2. The molecule has 1 saturated carbocycles. The summed E-state index contributed by atoms with van der Waals surface area (Å²) in [6.45, 7) is 4.03. The molecule has 10 heteroatoms. The molecule has 0 saturated heterocycles. The lowest BCUT2D eigenvalue weighted by atomic mass is 10.1. The van der Waals surface area contributed by atoms with E-state index in [1.54, 1.807) is 19.1 Å². The van der Waals surface area contributed by atoms with Crippen LogP contribution >= 0.6 is 22.9 Å². The van der Waals surface area contributed by atoms with Crippen LogP contribution in [-0.2, 0) is 21.2 Å². The van der Waals surface area contributed by atoms with Gasteiger partial charge < -0.3 is 5.32 Å². The standard InChI is InChI=1S/C16H19ClN4O3S2/c1-10-11(17)4-3-5-12(10)26(23,24)21-15-20-19-13(25-15)6-9-18-14(22)16(2)7-8-16/h3-5H,6-9H2,1-2H3,(H,18,22)(H,20,21). The summed E-state index contributed by atoms with van der Waals surface area (Å²) in [5.41, 5.74) is 0.263. The summed E-state index contributed by atoms with van der Waals surface area (Å²) in [6, 6.07) is 4.70. The Kier molecular flexibility index (Phi) is 5.23. The van der Waals surface area contributed by atoms with Crippen LogP contribution in [0.5, 0.6) is 0 Å². The maximum atomic E-state index is 12.5. The van der Waals surface area contributed by atoms with Crippen LogP contribution in [-0.4, -0.2) is 31.1 Å². The highest BCUT2D eigenvalue weighted by molar-refractivity contribution is 7.93. The van der Waals surface area contributed by atoms with E-state index in [9.17, 15) is 13.2 Å². The molecule has 0 radical (unpaired) electrons. The first-order chi connectivity index (χ1) is 12.2. The molecule has 7 nitrogen and oxygen atoms in total. The molecule has 2 aromatic rings. The van der Waals surface area contributed by atoms with Crippen LogP contribution in [0.2, 0.25) is 5.02 Å². The molecule has 1 fully saturated rings. The molecule has 140 valence electrons. The van der Waals surface area contributed by atoms with Gasteiger partial charge in [-0.15, -0.1) is 10.2 Å². The molecule has 1 aromatic heterocycles. The van der Waals surface area contributed by atoms with E-state index in [-0.39, 0.29) is 21.3 Å². The number of anilines is 1. The summed E-state index contributed by atoms with van der Waals surface area (Å²) in [4.78, 5) is 12.0. The summed E-state index contributed by atoms with van der Waals surface area (Å²) >= 11 is 7.14. The summed E-state index contributed by atoms with van der Waals surface area (Å²) in [5, 5.41) is 11.9. The number of amides is 1. The van der Waals surface area contributed by atoms with Crippen molar-refractivity contribution in [2.75, 3.05) is 11.3 Å². The minimum absolute atomic E-state index is 0.0550. The average Bonchev–Trinajstić information content (AvgIpc) is 3.18. The number of hydrogen-bond acceptors (Lipinski definition) is 6. The summed E-state index contributed by atoms with van der Waals surface area (Å²) < 4.78 is 27.5. The summed E-state index contributed by atoms with van der Waals surface area (Å²) in [5.74, 6) is 0.0550. The van der Waals surface area contributed by atoms with Crippen molar-refractivity contribution >= 4 is 44.0 Å². The van der Waals surface area contributed by atoms with Gasteiger partial charge in [0.1, 0.15) is 5.01 Å². The van der Waals surface area contributed by atoms with Gasteiger partial charge in [0.2, 0.25) is 11.0 Å². The molecule has 1 aromatic carbocycles. The van der Waals surface area contributed by atoms with E-state index in [0.29, 0.717) is 28.6 Å². The fraction of sp³-hybridized carbons (Fsp3) is 0.438. The molecule has 0 unspecified atom stereocenters. The zero-order valence-corrected chi connectivity index (χ0v) is 16.8. The van der Waals surface area contributed by atoms with Crippen LogP contribution < -0.4 is 10.0 Å². The molecule has 1 heterocycles. The number of nitrogens with zero attached hydrogens (tertiary/aromatic N) is 2. The Morgan fingerprint density at radius 1 is 1.35 bits per heavy atom. The van der Waals surface area contributed by atoms with Crippen molar-refractivity contribution in [1.82, 2.24) is 15.5 Å². The van der Waals surface area contributed by atoms with Gasteiger partial charge in [0, 0.05) is 23.4 Å². The Morgan fingerprint density at radius 3 is 2.77 bits per heavy atom. The second-order valence-electron chi connectivity index (χ2n) is 6.54. The number of sulfonamides is 1. The second kappa shape index (κ2) is 7.13. The van der Waals surface area contributed by atoms with Crippen molar-refractivity contribution in [3.05, 3.63) is 33.8 Å². The number of benzene rings is 1. The van der Waals surface area contributed by atoms with Crippen molar-refractivity contribution in [3.63, 3.8) is 0 Å². The van der Waals surface area contributed by atoms with E-state index >= 15 is 0 Å². The van der Waals surface area contributed by atoms with Crippen molar-refractivity contribution < 1.29 is 13.2 Å². The molecule has 1 aliphatic carbocycles. The van der Waals surface area contributed by atoms with Crippen LogP contribution in [0.3, 0.4) is 0 Å². The van der Waals surface area contributed by atoms with Gasteiger partial charge >= 0.3 is 0 Å². The number of rotatable bonds is 7. The van der Waals surface area contributed by atoms with E-state index in [4.69, 9.17) is 11.6 Å². The van der Waals surface area contributed by atoms with Crippen molar-refractivity contribution in [2.45, 2.75) is 38.0 Å². The fourth-order valence-electron chi connectivity index (χ4n) is 2.36. The molecular formula is C16H19ClN4O3S2. The Bertz CT molecular complexity index is 939. The lowest BCUT2D eigenvalue weighted by molar-refractivity contribution is -0.125. The van der Waals surface area contributed by atoms with Crippen LogP contribution in [0.4, 0.5) is 5.13 Å². The third kappa shape index (κ3) is 4.16. The fourth-order valence-corrected chi connectivity index (χ4v) is 4.82. The van der Waals surface area contributed by atoms with Crippen molar-refractivity contribution in [1.29, 1.82) is 0 Å². The average molecular weight is 415 g/mol. The van der Waals surface area contributed by atoms with Gasteiger partial charge in [0.25, 0.3) is 10.0 Å². The first kappa shape index (κ1) is 19.1. The molecule has 0 aliphatic heterocycles. The zero-order valence-electron chi connectivity index (χ0n) is 14.4. The Hall–Kier alpha value is -1.71. The number of halogens is 1. The van der Waals surface area contributed by atoms with Crippen LogP contribution in [0, 0.1) is 12.3 Å². The lowest BCUT2D eigenvalue weighted by Gasteiger charge is -2.09. The van der Waals surface area contributed by atoms with Crippen LogP contribution in [0.1, 0.15) is 30.3 Å². The predicted octanol–water partition coefficient (Wildman–Crippen LogP) is 2.76. The zero-order chi connectivity index (χ0) is 18.9. The Labute approximate surface area is 161 Å². The molecule has 0 bridgehead atoms. The van der Waals surface area contributed by atoms with E-state index in [2.05, 4.69) is 20.2 Å². The van der Waals surface area contributed by atoms with Crippen LogP contribution in [0.25, 0.3) is 0 Å². The number of carbonyl (C=O) groups is 1. The smallest absolute Gasteiger partial charge is 0.264 e. The van der Waals surface area contributed by atoms with Gasteiger partial charge in [0.15, 0.2) is 0 Å². The monoisotopic (exact) mass is 414 g/mol.